The molecule has 2 aromatic rings. The highest BCUT2D eigenvalue weighted by molar-refractivity contribution is 8.00. The maximum atomic E-state index is 11.6. The van der Waals surface area contributed by atoms with Crippen LogP contribution in [0.25, 0.3) is 10.2 Å². The molecule has 0 saturated carbocycles. The number of thioether (sulfide) groups is 1. The molecule has 4 rings (SSSR count). The number of esters is 1. The predicted molar refractivity (Wildman–Crippen MR) is 74.7 cm³/mol. The van der Waals surface area contributed by atoms with Gasteiger partial charge in [0.1, 0.15) is 21.4 Å². The molecule has 1 aliphatic heterocycles. The maximum Gasteiger partial charge on any atom is 0.319 e. The third kappa shape index (κ3) is 1.85. The van der Waals surface area contributed by atoms with E-state index in [1.54, 1.807) is 29.4 Å². The fourth-order valence-electron chi connectivity index (χ4n) is 2.71. The van der Waals surface area contributed by atoms with Crippen LogP contribution in [0.5, 0.6) is 0 Å². The Bertz CT molecular complexity index is 668. The molecule has 0 aromatic carbocycles. The summed E-state index contributed by atoms with van der Waals surface area (Å²) in [6, 6.07) is 0. The van der Waals surface area contributed by atoms with Gasteiger partial charge in [0, 0.05) is 16.7 Å². The van der Waals surface area contributed by atoms with Gasteiger partial charge in [0.15, 0.2) is 0 Å². The summed E-state index contributed by atoms with van der Waals surface area (Å²) in [7, 11) is 0. The smallest absolute Gasteiger partial charge is 0.319 e. The van der Waals surface area contributed by atoms with E-state index >= 15 is 0 Å². The number of ether oxygens (including phenoxy) is 1. The summed E-state index contributed by atoms with van der Waals surface area (Å²) in [6.45, 7) is 0.534. The number of hydrogen-bond acceptors (Lipinski definition) is 6. The number of thiophene rings is 1. The molecular weight excluding hydrogens is 280 g/mol. The zero-order valence-corrected chi connectivity index (χ0v) is 11.9. The first kappa shape index (κ1) is 11.7. The van der Waals surface area contributed by atoms with E-state index in [1.807, 2.05) is 0 Å². The van der Waals surface area contributed by atoms with Crippen molar-refractivity contribution in [3.63, 3.8) is 0 Å². The molecule has 3 heterocycles. The predicted octanol–water partition coefficient (Wildman–Crippen LogP) is 2.59. The van der Waals surface area contributed by atoms with Crippen molar-refractivity contribution in [2.45, 2.75) is 36.0 Å². The standard InChI is InChI=1S/C13H12N2O2S2/c16-13-9(4-5-17-13)19-12-10-7-2-1-3-8(7)18-11(10)14-6-15-12/h6,9H,1-5H2/t9-/m1/s1. The van der Waals surface area contributed by atoms with Gasteiger partial charge >= 0.3 is 5.97 Å². The molecule has 1 aliphatic carbocycles. The molecule has 19 heavy (non-hydrogen) atoms. The highest BCUT2D eigenvalue weighted by atomic mass is 32.2. The minimum atomic E-state index is -0.108. The lowest BCUT2D eigenvalue weighted by molar-refractivity contribution is -0.137. The Labute approximate surface area is 118 Å². The molecule has 4 nitrogen and oxygen atoms in total. The SMILES string of the molecule is O=C1OCC[C@H]1Sc1ncnc2sc3c(c12)CCC3. The van der Waals surface area contributed by atoms with Gasteiger partial charge in [0.05, 0.1) is 6.61 Å². The summed E-state index contributed by atoms with van der Waals surface area (Å²) >= 11 is 3.32. The van der Waals surface area contributed by atoms with Gasteiger partial charge in [-0.25, -0.2) is 9.97 Å². The third-order valence-electron chi connectivity index (χ3n) is 3.61. The van der Waals surface area contributed by atoms with Gasteiger partial charge in [-0.1, -0.05) is 11.8 Å². The van der Waals surface area contributed by atoms with E-state index in [0.717, 1.165) is 29.1 Å². The average Bonchev–Trinajstić information content (AvgIpc) is 3.06. The normalized spacial score (nSPS) is 21.9. The number of hydrogen-bond donors (Lipinski definition) is 0. The molecule has 0 unspecified atom stereocenters. The lowest BCUT2D eigenvalue weighted by Gasteiger charge is -2.06. The molecule has 1 fully saturated rings. The van der Waals surface area contributed by atoms with Gasteiger partial charge in [0.25, 0.3) is 0 Å². The lowest BCUT2D eigenvalue weighted by atomic mass is 10.2. The highest BCUT2D eigenvalue weighted by Gasteiger charge is 2.30. The van der Waals surface area contributed by atoms with E-state index in [-0.39, 0.29) is 11.2 Å². The monoisotopic (exact) mass is 292 g/mol. The van der Waals surface area contributed by atoms with Crippen molar-refractivity contribution in [2.24, 2.45) is 0 Å². The molecule has 1 atom stereocenters. The number of aryl methyl sites for hydroxylation is 2. The molecule has 2 aliphatic rings. The Hall–Kier alpha value is -1.14. The first-order valence-electron chi connectivity index (χ1n) is 6.41. The summed E-state index contributed by atoms with van der Waals surface area (Å²) in [4.78, 5) is 22.9. The summed E-state index contributed by atoms with van der Waals surface area (Å²) in [6.07, 6.45) is 5.89. The second-order valence-electron chi connectivity index (χ2n) is 4.78. The van der Waals surface area contributed by atoms with Crippen LogP contribution in [0, 0.1) is 0 Å². The summed E-state index contributed by atoms with van der Waals surface area (Å²) in [5, 5.41) is 2.04. The zero-order chi connectivity index (χ0) is 12.8. The fourth-order valence-corrected chi connectivity index (χ4v) is 5.10. The van der Waals surface area contributed by atoms with E-state index in [9.17, 15) is 4.79 Å². The van der Waals surface area contributed by atoms with Crippen LogP contribution in [0.2, 0.25) is 0 Å². The molecule has 6 heteroatoms. The highest BCUT2D eigenvalue weighted by Crippen LogP contribution is 2.41. The molecule has 0 spiro atoms. The molecule has 0 N–H and O–H groups in total. The number of fused-ring (bicyclic) bond motifs is 3. The average molecular weight is 292 g/mol. The fraction of sp³-hybridized carbons (Fsp3) is 0.462. The van der Waals surface area contributed by atoms with Crippen LogP contribution in [-0.4, -0.2) is 27.8 Å². The van der Waals surface area contributed by atoms with E-state index < -0.39 is 0 Å². The maximum absolute atomic E-state index is 11.6. The molecule has 98 valence electrons. The summed E-state index contributed by atoms with van der Waals surface area (Å²) in [5.41, 5.74) is 1.41. The van der Waals surface area contributed by atoms with Crippen molar-refractivity contribution < 1.29 is 9.53 Å². The van der Waals surface area contributed by atoms with Crippen LogP contribution < -0.4 is 0 Å². The van der Waals surface area contributed by atoms with Gasteiger partial charge in [-0.3, -0.25) is 4.79 Å². The number of nitrogens with zero attached hydrogens (tertiary/aromatic N) is 2. The van der Waals surface area contributed by atoms with Gasteiger partial charge in [-0.05, 0) is 24.8 Å². The largest absolute Gasteiger partial charge is 0.465 e. The zero-order valence-electron chi connectivity index (χ0n) is 10.2. The van der Waals surface area contributed by atoms with Crippen LogP contribution in [0.15, 0.2) is 11.4 Å². The van der Waals surface area contributed by atoms with E-state index in [4.69, 9.17) is 4.74 Å². The first-order chi connectivity index (χ1) is 9.33. The third-order valence-corrected chi connectivity index (χ3v) is 6.05. The van der Waals surface area contributed by atoms with Gasteiger partial charge in [-0.15, -0.1) is 11.3 Å². The summed E-state index contributed by atoms with van der Waals surface area (Å²) in [5.74, 6) is -0.108. The molecule has 0 amide bonds. The summed E-state index contributed by atoms with van der Waals surface area (Å²) < 4.78 is 5.02. The van der Waals surface area contributed by atoms with Crippen molar-refractivity contribution in [2.75, 3.05) is 6.61 Å². The van der Waals surface area contributed by atoms with Crippen molar-refractivity contribution in [3.05, 3.63) is 16.8 Å². The number of carbonyl (C=O) groups is 1. The molecule has 0 radical (unpaired) electrons. The van der Waals surface area contributed by atoms with Crippen LogP contribution in [0.1, 0.15) is 23.3 Å². The topological polar surface area (TPSA) is 52.1 Å². The Balaban J connectivity index is 1.79. The molecular formula is C13H12N2O2S2. The molecule has 1 saturated heterocycles. The molecule has 2 aromatic heterocycles. The minimum absolute atomic E-state index is 0.102. The quantitative estimate of drug-likeness (QED) is 0.629. The lowest BCUT2D eigenvalue weighted by Crippen LogP contribution is -2.09. The number of cyclic esters (lactones) is 1. The number of carbonyl (C=O) groups excluding carboxylic acids is 1. The molecule has 0 bridgehead atoms. The Morgan fingerprint density at radius 2 is 2.32 bits per heavy atom. The van der Waals surface area contributed by atoms with Crippen LogP contribution in [-0.2, 0) is 22.4 Å². The van der Waals surface area contributed by atoms with Crippen molar-refractivity contribution in [1.82, 2.24) is 9.97 Å². The van der Waals surface area contributed by atoms with Gasteiger partial charge in [-0.2, -0.15) is 0 Å². The van der Waals surface area contributed by atoms with Crippen molar-refractivity contribution in [1.29, 1.82) is 0 Å². The Morgan fingerprint density at radius 1 is 1.37 bits per heavy atom. The van der Waals surface area contributed by atoms with Crippen molar-refractivity contribution in [3.8, 4) is 0 Å². The second kappa shape index (κ2) is 4.45. The van der Waals surface area contributed by atoms with Gasteiger partial charge in [0.2, 0.25) is 0 Å². The van der Waals surface area contributed by atoms with Crippen molar-refractivity contribution >= 4 is 39.3 Å². The first-order valence-corrected chi connectivity index (χ1v) is 8.11. The van der Waals surface area contributed by atoms with Crippen LogP contribution in [0.3, 0.4) is 0 Å². The van der Waals surface area contributed by atoms with E-state index in [2.05, 4.69) is 9.97 Å². The number of rotatable bonds is 2. The minimum Gasteiger partial charge on any atom is -0.465 e. The Morgan fingerprint density at radius 3 is 3.16 bits per heavy atom. The Kier molecular flexibility index (Phi) is 2.73. The second-order valence-corrected chi connectivity index (χ2v) is 7.05. The van der Waals surface area contributed by atoms with E-state index in [1.165, 1.54) is 22.2 Å². The van der Waals surface area contributed by atoms with Crippen LogP contribution >= 0.6 is 23.1 Å². The van der Waals surface area contributed by atoms with Gasteiger partial charge < -0.3 is 4.74 Å². The van der Waals surface area contributed by atoms with Crippen LogP contribution in [0.4, 0.5) is 0 Å². The number of aromatic nitrogens is 2. The van der Waals surface area contributed by atoms with E-state index in [0.29, 0.717) is 6.61 Å².